The van der Waals surface area contributed by atoms with Gasteiger partial charge in [0.05, 0.1) is 18.8 Å². The molecule has 16 heavy (non-hydrogen) atoms. The van der Waals surface area contributed by atoms with Crippen molar-refractivity contribution in [2.75, 3.05) is 13.2 Å². The van der Waals surface area contributed by atoms with Gasteiger partial charge in [-0.05, 0) is 24.1 Å². The maximum Gasteiger partial charge on any atom is 0.119 e. The molecule has 0 aliphatic carbocycles. The Kier molecular flexibility index (Phi) is 3.14. The van der Waals surface area contributed by atoms with E-state index in [2.05, 4.69) is 0 Å². The molecule has 0 bridgehead atoms. The number of hydrogen-bond donors (Lipinski definition) is 3. The summed E-state index contributed by atoms with van der Waals surface area (Å²) in [5.41, 5.74) is 8.58. The third kappa shape index (κ3) is 1.80. The molecule has 4 nitrogen and oxygen atoms in total. The molecule has 0 amide bonds. The number of phenolic OH excluding ortho intramolecular Hbond substituents is 1. The molecule has 88 valence electrons. The molecular formula is C12H17NO3. The molecule has 4 heteroatoms. The van der Waals surface area contributed by atoms with E-state index in [4.69, 9.17) is 15.6 Å². The van der Waals surface area contributed by atoms with Crippen LogP contribution < -0.4 is 5.73 Å². The van der Waals surface area contributed by atoms with Gasteiger partial charge in [-0.2, -0.15) is 0 Å². The number of rotatable bonds is 2. The first kappa shape index (κ1) is 11.4. The minimum Gasteiger partial charge on any atom is -0.508 e. The van der Waals surface area contributed by atoms with Gasteiger partial charge in [-0.25, -0.2) is 0 Å². The molecule has 2 atom stereocenters. The van der Waals surface area contributed by atoms with Gasteiger partial charge in [0.15, 0.2) is 0 Å². The molecule has 0 spiro atoms. The summed E-state index contributed by atoms with van der Waals surface area (Å²) in [5, 5.41) is 19.0. The van der Waals surface area contributed by atoms with E-state index in [0.29, 0.717) is 13.0 Å². The lowest BCUT2D eigenvalue weighted by Crippen LogP contribution is -2.33. The summed E-state index contributed by atoms with van der Waals surface area (Å²) in [5.74, 6) is 0.265. The van der Waals surface area contributed by atoms with Gasteiger partial charge in [0.1, 0.15) is 5.75 Å². The summed E-state index contributed by atoms with van der Waals surface area (Å²) in [6.07, 6.45) is 0.0392. The molecular weight excluding hydrogens is 206 g/mol. The summed E-state index contributed by atoms with van der Waals surface area (Å²) >= 11 is 0. The number of phenols is 1. The molecule has 1 aliphatic heterocycles. The van der Waals surface area contributed by atoms with Crippen molar-refractivity contribution in [1.82, 2.24) is 0 Å². The Bertz CT molecular complexity index is 392. The Hall–Kier alpha value is -1.10. The second-order valence-electron chi connectivity index (χ2n) is 4.16. The van der Waals surface area contributed by atoms with Crippen molar-refractivity contribution in [2.24, 2.45) is 5.73 Å². The van der Waals surface area contributed by atoms with Crippen molar-refractivity contribution < 1.29 is 14.9 Å². The van der Waals surface area contributed by atoms with Crippen LogP contribution in [0.5, 0.6) is 5.75 Å². The largest absolute Gasteiger partial charge is 0.508 e. The lowest BCUT2D eigenvalue weighted by molar-refractivity contribution is -0.0474. The fraction of sp³-hybridized carbons (Fsp3) is 0.500. The lowest BCUT2D eigenvalue weighted by Gasteiger charge is -2.32. The van der Waals surface area contributed by atoms with Crippen LogP contribution in [0.1, 0.15) is 22.8 Å². The maximum absolute atomic E-state index is 9.83. The maximum atomic E-state index is 9.83. The topological polar surface area (TPSA) is 75.7 Å². The van der Waals surface area contributed by atoms with E-state index < -0.39 is 0 Å². The predicted molar refractivity (Wildman–Crippen MR) is 60.3 cm³/mol. The quantitative estimate of drug-likeness (QED) is 0.687. The minimum absolute atomic E-state index is 0.0523. The monoisotopic (exact) mass is 223 g/mol. The predicted octanol–water partition coefficient (Wildman–Crippen LogP) is 0.634. The molecule has 1 aliphatic rings. The van der Waals surface area contributed by atoms with Crippen LogP contribution in [0.15, 0.2) is 12.1 Å². The van der Waals surface area contributed by atoms with E-state index in [9.17, 15) is 5.11 Å². The number of hydrogen-bond acceptors (Lipinski definition) is 4. The van der Waals surface area contributed by atoms with Crippen molar-refractivity contribution in [2.45, 2.75) is 25.6 Å². The Morgan fingerprint density at radius 3 is 2.88 bits per heavy atom. The van der Waals surface area contributed by atoms with E-state index in [1.807, 2.05) is 13.0 Å². The van der Waals surface area contributed by atoms with Gasteiger partial charge < -0.3 is 20.7 Å². The smallest absolute Gasteiger partial charge is 0.119 e. The number of aliphatic hydroxyl groups is 1. The molecule has 1 aromatic rings. The minimum atomic E-state index is -0.270. The van der Waals surface area contributed by atoms with Crippen molar-refractivity contribution in [3.63, 3.8) is 0 Å². The van der Waals surface area contributed by atoms with Crippen molar-refractivity contribution in [3.8, 4) is 5.75 Å². The Morgan fingerprint density at radius 2 is 2.25 bits per heavy atom. The van der Waals surface area contributed by atoms with Crippen LogP contribution in [-0.4, -0.2) is 29.5 Å². The molecule has 1 heterocycles. The van der Waals surface area contributed by atoms with Crippen LogP contribution in [0, 0.1) is 6.92 Å². The number of benzene rings is 1. The molecule has 2 rings (SSSR count). The van der Waals surface area contributed by atoms with Gasteiger partial charge in [-0.3, -0.25) is 0 Å². The van der Waals surface area contributed by atoms with Gasteiger partial charge in [-0.15, -0.1) is 0 Å². The summed E-state index contributed by atoms with van der Waals surface area (Å²) in [4.78, 5) is 0. The summed E-state index contributed by atoms with van der Waals surface area (Å²) < 4.78 is 5.66. The molecule has 0 saturated carbocycles. The van der Waals surface area contributed by atoms with Crippen molar-refractivity contribution in [1.29, 1.82) is 0 Å². The fourth-order valence-electron chi connectivity index (χ4n) is 2.29. The van der Waals surface area contributed by atoms with Gasteiger partial charge in [0, 0.05) is 18.5 Å². The number of aromatic hydroxyl groups is 1. The SMILES string of the molecule is Cc1ccc(O)c2c1C(CN)OC(CO)C2. The van der Waals surface area contributed by atoms with Gasteiger partial charge in [0.2, 0.25) is 0 Å². The molecule has 0 radical (unpaired) electrons. The van der Waals surface area contributed by atoms with Crippen molar-refractivity contribution >= 4 is 0 Å². The van der Waals surface area contributed by atoms with E-state index in [1.165, 1.54) is 0 Å². The fourth-order valence-corrected chi connectivity index (χ4v) is 2.29. The second kappa shape index (κ2) is 4.41. The lowest BCUT2D eigenvalue weighted by atomic mass is 9.90. The summed E-state index contributed by atoms with van der Waals surface area (Å²) in [6, 6.07) is 3.54. The molecule has 0 saturated heterocycles. The highest BCUT2D eigenvalue weighted by atomic mass is 16.5. The highest BCUT2D eigenvalue weighted by molar-refractivity contribution is 5.46. The second-order valence-corrected chi connectivity index (χ2v) is 4.16. The van der Waals surface area contributed by atoms with Gasteiger partial charge >= 0.3 is 0 Å². The first-order valence-corrected chi connectivity index (χ1v) is 5.45. The number of aryl methyl sites for hydroxylation is 1. The van der Waals surface area contributed by atoms with Gasteiger partial charge in [0.25, 0.3) is 0 Å². The third-order valence-electron chi connectivity index (χ3n) is 3.08. The van der Waals surface area contributed by atoms with E-state index in [1.54, 1.807) is 6.07 Å². The van der Waals surface area contributed by atoms with E-state index >= 15 is 0 Å². The van der Waals surface area contributed by atoms with Gasteiger partial charge in [-0.1, -0.05) is 6.07 Å². The van der Waals surface area contributed by atoms with E-state index in [0.717, 1.165) is 16.7 Å². The molecule has 2 unspecified atom stereocenters. The Morgan fingerprint density at radius 1 is 1.50 bits per heavy atom. The highest BCUT2D eigenvalue weighted by Gasteiger charge is 2.29. The van der Waals surface area contributed by atoms with Crippen LogP contribution in [0.2, 0.25) is 0 Å². The Balaban J connectivity index is 2.49. The van der Waals surface area contributed by atoms with E-state index in [-0.39, 0.29) is 24.6 Å². The standard InChI is InChI=1S/C12H17NO3/c1-7-2-3-10(15)9-4-8(6-14)16-11(5-13)12(7)9/h2-3,8,11,14-15H,4-6,13H2,1H3. The molecule has 4 N–H and O–H groups in total. The number of fused-ring (bicyclic) bond motifs is 1. The molecule has 0 fully saturated rings. The van der Waals surface area contributed by atoms with Crippen LogP contribution in [0.4, 0.5) is 0 Å². The summed E-state index contributed by atoms with van der Waals surface area (Å²) in [7, 11) is 0. The average Bonchev–Trinajstić information content (AvgIpc) is 2.32. The Labute approximate surface area is 94.7 Å². The zero-order valence-corrected chi connectivity index (χ0v) is 9.31. The van der Waals surface area contributed by atoms with Crippen LogP contribution in [-0.2, 0) is 11.2 Å². The number of aliphatic hydroxyl groups excluding tert-OH is 1. The first-order chi connectivity index (χ1) is 7.67. The van der Waals surface area contributed by atoms with Crippen molar-refractivity contribution in [3.05, 3.63) is 28.8 Å². The number of nitrogens with two attached hydrogens (primary N) is 1. The first-order valence-electron chi connectivity index (χ1n) is 5.45. The molecule has 1 aromatic carbocycles. The molecule has 0 aromatic heterocycles. The normalized spacial score (nSPS) is 24.2. The highest BCUT2D eigenvalue weighted by Crippen LogP contribution is 2.36. The average molecular weight is 223 g/mol. The van der Waals surface area contributed by atoms with Crippen LogP contribution in [0.25, 0.3) is 0 Å². The summed E-state index contributed by atoms with van der Waals surface area (Å²) in [6.45, 7) is 2.28. The zero-order chi connectivity index (χ0) is 11.7. The zero-order valence-electron chi connectivity index (χ0n) is 9.31. The van der Waals surface area contributed by atoms with Crippen LogP contribution >= 0.6 is 0 Å². The number of ether oxygens (including phenoxy) is 1. The third-order valence-corrected chi connectivity index (χ3v) is 3.08. The van der Waals surface area contributed by atoms with Crippen LogP contribution in [0.3, 0.4) is 0 Å².